The molecule has 104 valence electrons. The number of pyridine rings is 1. The summed E-state index contributed by atoms with van der Waals surface area (Å²) in [6, 6.07) is 0.717. The minimum atomic E-state index is -3.05. The van der Waals surface area contributed by atoms with Crippen LogP contribution in [0.25, 0.3) is 0 Å². The zero-order valence-electron chi connectivity index (χ0n) is 10.1. The van der Waals surface area contributed by atoms with E-state index in [1.54, 1.807) is 0 Å². The molecule has 0 saturated carbocycles. The first-order chi connectivity index (χ1) is 8.92. The van der Waals surface area contributed by atoms with Crippen molar-refractivity contribution >= 4 is 11.8 Å². The van der Waals surface area contributed by atoms with Gasteiger partial charge in [0.1, 0.15) is 0 Å². The Bertz CT molecular complexity index is 507. The lowest BCUT2D eigenvalue weighted by molar-refractivity contribution is -0.390. The summed E-state index contributed by atoms with van der Waals surface area (Å²) in [4.78, 5) is 24.5. The fourth-order valence-corrected chi connectivity index (χ4v) is 1.34. The molecule has 0 fully saturated rings. The Morgan fingerprint density at radius 3 is 2.63 bits per heavy atom. The predicted molar refractivity (Wildman–Crippen MR) is 58.4 cm³/mol. The van der Waals surface area contributed by atoms with Gasteiger partial charge in [-0.3, -0.25) is 0 Å². The molecule has 0 N–H and O–H groups in total. The van der Waals surface area contributed by atoms with Gasteiger partial charge in [0.25, 0.3) is 12.1 Å². The van der Waals surface area contributed by atoms with Crippen molar-refractivity contribution in [2.45, 2.75) is 13.3 Å². The summed E-state index contributed by atoms with van der Waals surface area (Å²) in [5.41, 5.74) is -1.35. The maximum atomic E-state index is 12.8. The molecule has 0 spiro atoms. The van der Waals surface area contributed by atoms with Crippen LogP contribution in [-0.4, -0.2) is 29.6 Å². The third-order valence-electron chi connectivity index (χ3n) is 2.08. The van der Waals surface area contributed by atoms with Crippen LogP contribution < -0.4 is 4.74 Å². The van der Waals surface area contributed by atoms with Crippen LogP contribution in [0.15, 0.2) is 6.07 Å². The molecule has 19 heavy (non-hydrogen) atoms. The zero-order valence-corrected chi connectivity index (χ0v) is 10.1. The van der Waals surface area contributed by atoms with Gasteiger partial charge in [-0.2, -0.15) is 0 Å². The van der Waals surface area contributed by atoms with Gasteiger partial charge in [-0.05, 0) is 16.8 Å². The van der Waals surface area contributed by atoms with E-state index in [4.69, 9.17) is 0 Å². The predicted octanol–water partition coefficient (Wildman–Crippen LogP) is 2.11. The molecule has 0 aliphatic heterocycles. The highest BCUT2D eigenvalue weighted by atomic mass is 19.3. The number of hydrogen-bond acceptors (Lipinski definition) is 6. The molecular weight excluding hydrogens is 266 g/mol. The molecule has 1 aromatic rings. The van der Waals surface area contributed by atoms with Crippen molar-refractivity contribution < 1.29 is 28.0 Å². The maximum Gasteiger partial charge on any atom is 0.407 e. The number of nitrogens with zero attached hydrogens (tertiary/aromatic N) is 2. The molecule has 9 heteroatoms. The minimum Gasteiger partial charge on any atom is -0.489 e. The molecule has 0 aliphatic carbocycles. The summed E-state index contributed by atoms with van der Waals surface area (Å²) in [6.45, 7) is 1.49. The summed E-state index contributed by atoms with van der Waals surface area (Å²) in [6.07, 6.45) is -3.05. The second-order valence-corrected chi connectivity index (χ2v) is 3.23. The van der Waals surface area contributed by atoms with Crippen LogP contribution in [0.3, 0.4) is 0 Å². The number of rotatable bonds is 5. The van der Waals surface area contributed by atoms with Crippen molar-refractivity contribution in [2.24, 2.45) is 0 Å². The van der Waals surface area contributed by atoms with E-state index in [1.807, 2.05) is 0 Å². The third-order valence-corrected chi connectivity index (χ3v) is 2.08. The quantitative estimate of drug-likeness (QED) is 0.464. The first-order valence-electron chi connectivity index (χ1n) is 5.10. The molecule has 0 aliphatic rings. The SMILES string of the molecule is CCOC(=O)c1cc(C(F)F)c(OC)c([N+](=O)[O-])n1. The van der Waals surface area contributed by atoms with E-state index < -0.39 is 40.1 Å². The third kappa shape index (κ3) is 3.12. The number of carbonyl (C=O) groups excluding carboxylic acids is 1. The summed E-state index contributed by atoms with van der Waals surface area (Å²) < 4.78 is 34.7. The molecule has 1 heterocycles. The van der Waals surface area contributed by atoms with Gasteiger partial charge in [-0.15, -0.1) is 0 Å². The van der Waals surface area contributed by atoms with Gasteiger partial charge in [-0.1, -0.05) is 0 Å². The van der Waals surface area contributed by atoms with Crippen LogP contribution in [0.1, 0.15) is 29.4 Å². The molecule has 0 saturated heterocycles. The molecule has 0 amide bonds. The van der Waals surface area contributed by atoms with Gasteiger partial charge in [0.2, 0.25) is 5.75 Å². The highest BCUT2D eigenvalue weighted by Crippen LogP contribution is 2.36. The largest absolute Gasteiger partial charge is 0.489 e. The van der Waals surface area contributed by atoms with E-state index in [1.165, 1.54) is 6.92 Å². The average Bonchev–Trinajstić information content (AvgIpc) is 2.36. The number of halogens is 2. The smallest absolute Gasteiger partial charge is 0.407 e. The van der Waals surface area contributed by atoms with Crippen LogP contribution in [0, 0.1) is 10.1 Å². The molecule has 0 atom stereocenters. The summed E-state index contributed by atoms with van der Waals surface area (Å²) >= 11 is 0. The van der Waals surface area contributed by atoms with Crippen LogP contribution in [-0.2, 0) is 4.74 Å². The molecule has 0 bridgehead atoms. The first-order valence-corrected chi connectivity index (χ1v) is 5.10. The van der Waals surface area contributed by atoms with E-state index in [2.05, 4.69) is 14.5 Å². The van der Waals surface area contributed by atoms with Crippen molar-refractivity contribution in [1.82, 2.24) is 4.98 Å². The second-order valence-electron chi connectivity index (χ2n) is 3.23. The monoisotopic (exact) mass is 276 g/mol. The Labute approximate surface area is 106 Å². The molecule has 1 aromatic heterocycles. The van der Waals surface area contributed by atoms with Crippen LogP contribution in [0.5, 0.6) is 5.75 Å². The summed E-state index contributed by atoms with van der Waals surface area (Å²) in [7, 11) is 1.000. The average molecular weight is 276 g/mol. The summed E-state index contributed by atoms with van der Waals surface area (Å²) in [5, 5.41) is 10.8. The van der Waals surface area contributed by atoms with Gasteiger partial charge in [0, 0.05) is 6.07 Å². The Morgan fingerprint density at radius 1 is 1.58 bits per heavy atom. The van der Waals surface area contributed by atoms with Crippen LogP contribution in [0.4, 0.5) is 14.6 Å². The fourth-order valence-electron chi connectivity index (χ4n) is 1.34. The minimum absolute atomic E-state index is 0.00957. The molecule has 1 rings (SSSR count). The van der Waals surface area contributed by atoms with Gasteiger partial charge in [0.05, 0.1) is 19.3 Å². The molecule has 0 radical (unpaired) electrons. The van der Waals surface area contributed by atoms with Crippen LogP contribution >= 0.6 is 0 Å². The van der Waals surface area contributed by atoms with Gasteiger partial charge in [-0.25, -0.2) is 13.6 Å². The van der Waals surface area contributed by atoms with Crippen molar-refractivity contribution in [1.29, 1.82) is 0 Å². The standard InChI is InChI=1S/C10H10F2N2O5/c1-3-19-10(15)6-4-5(8(11)12)7(18-2)9(13-6)14(16)17/h4,8H,3H2,1-2H3. The number of esters is 1. The first kappa shape index (κ1) is 14.7. The number of hydrogen-bond donors (Lipinski definition) is 0. The van der Waals surface area contributed by atoms with Crippen molar-refractivity contribution in [3.63, 3.8) is 0 Å². The van der Waals surface area contributed by atoms with E-state index >= 15 is 0 Å². The molecular formula is C10H10F2N2O5. The maximum absolute atomic E-state index is 12.8. The number of nitro groups is 1. The van der Waals surface area contributed by atoms with E-state index in [-0.39, 0.29) is 6.61 Å². The fraction of sp³-hybridized carbons (Fsp3) is 0.400. The second kappa shape index (κ2) is 6.03. The lowest BCUT2D eigenvalue weighted by atomic mass is 10.2. The van der Waals surface area contributed by atoms with E-state index in [9.17, 15) is 23.7 Å². The number of ether oxygens (including phenoxy) is 2. The highest BCUT2D eigenvalue weighted by molar-refractivity contribution is 5.88. The van der Waals surface area contributed by atoms with Crippen molar-refractivity contribution in [3.05, 3.63) is 27.4 Å². The molecule has 7 nitrogen and oxygen atoms in total. The number of methoxy groups -OCH3 is 1. The number of carbonyl (C=O) groups is 1. The van der Waals surface area contributed by atoms with Gasteiger partial charge < -0.3 is 19.6 Å². The lowest BCUT2D eigenvalue weighted by Gasteiger charge is -2.08. The molecule has 0 aromatic carbocycles. The topological polar surface area (TPSA) is 91.6 Å². The number of alkyl halides is 2. The van der Waals surface area contributed by atoms with Crippen LogP contribution in [0.2, 0.25) is 0 Å². The van der Waals surface area contributed by atoms with E-state index in [0.717, 1.165) is 7.11 Å². The summed E-state index contributed by atoms with van der Waals surface area (Å²) in [5.74, 6) is -2.65. The highest BCUT2D eigenvalue weighted by Gasteiger charge is 2.30. The van der Waals surface area contributed by atoms with E-state index in [0.29, 0.717) is 6.07 Å². The Hall–Kier alpha value is -2.32. The van der Waals surface area contributed by atoms with Gasteiger partial charge >= 0.3 is 11.8 Å². The Kier molecular flexibility index (Phi) is 4.67. The Morgan fingerprint density at radius 2 is 2.21 bits per heavy atom. The normalized spacial score (nSPS) is 10.4. The Balaban J connectivity index is 3.45. The molecule has 0 unspecified atom stereocenters. The zero-order chi connectivity index (χ0) is 14.6. The number of aromatic nitrogens is 1. The lowest BCUT2D eigenvalue weighted by Crippen LogP contribution is -2.11. The van der Waals surface area contributed by atoms with Gasteiger partial charge in [0.15, 0.2) is 0 Å². The van der Waals surface area contributed by atoms with Crippen molar-refractivity contribution in [2.75, 3.05) is 13.7 Å². The van der Waals surface area contributed by atoms with Crippen molar-refractivity contribution in [3.8, 4) is 5.75 Å².